The predicted octanol–water partition coefficient (Wildman–Crippen LogP) is 1.04. The van der Waals surface area contributed by atoms with Crippen LogP contribution < -0.4 is 5.48 Å². The highest BCUT2D eigenvalue weighted by atomic mass is 32.1. The van der Waals surface area contributed by atoms with Crippen LogP contribution in [0.4, 0.5) is 0 Å². The fourth-order valence-electron chi connectivity index (χ4n) is 0.538. The molecule has 0 unspecified atom stereocenters. The zero-order chi connectivity index (χ0) is 7.40. The maximum Gasteiger partial charge on any atom is 0.366 e. The van der Waals surface area contributed by atoms with Crippen LogP contribution in [0.5, 0.6) is 0 Å². The smallest absolute Gasteiger partial charge is 0.366 e. The van der Waals surface area contributed by atoms with Gasteiger partial charge in [0.2, 0.25) is 0 Å². The molecule has 1 aromatic rings. The number of nitrogens with one attached hydrogen (secondary N) is 1. The molecule has 0 saturated carbocycles. The molecule has 0 aliphatic rings. The Morgan fingerprint density at radius 1 is 1.80 bits per heavy atom. The Bertz CT molecular complexity index is 208. The second-order valence-corrected chi connectivity index (χ2v) is 2.52. The second-order valence-electron chi connectivity index (χ2n) is 1.57. The van der Waals surface area contributed by atoms with E-state index in [0.717, 1.165) is 0 Å². The molecule has 0 fully saturated rings. The third-order valence-corrected chi connectivity index (χ3v) is 1.77. The first-order valence-corrected chi connectivity index (χ1v) is 3.64. The maximum atomic E-state index is 10.8. The Balaban J connectivity index is 2.59. The first-order chi connectivity index (χ1) is 4.84. The van der Waals surface area contributed by atoms with Crippen molar-refractivity contribution in [2.24, 2.45) is 0 Å². The minimum Gasteiger partial charge on any atom is -0.366 e. The molecule has 0 aromatic carbocycles. The second kappa shape index (κ2) is 3.34. The molecule has 0 amide bonds. The maximum absolute atomic E-state index is 10.8. The summed E-state index contributed by atoms with van der Waals surface area (Å²) in [4.78, 5) is 15.9. The van der Waals surface area contributed by atoms with Gasteiger partial charge in [-0.25, -0.2) is 4.79 Å². The van der Waals surface area contributed by atoms with Crippen LogP contribution in [0.1, 0.15) is 9.67 Å². The summed E-state index contributed by atoms with van der Waals surface area (Å²) >= 11 is 1.36. The highest BCUT2D eigenvalue weighted by Crippen LogP contribution is 2.08. The van der Waals surface area contributed by atoms with Crippen molar-refractivity contribution in [3.63, 3.8) is 0 Å². The van der Waals surface area contributed by atoms with E-state index in [9.17, 15) is 4.79 Å². The van der Waals surface area contributed by atoms with Crippen molar-refractivity contribution in [1.29, 1.82) is 0 Å². The molecule has 0 spiro atoms. The Morgan fingerprint density at radius 3 is 3.10 bits per heavy atom. The van der Waals surface area contributed by atoms with E-state index in [1.54, 1.807) is 19.2 Å². The summed E-state index contributed by atoms with van der Waals surface area (Å²) in [6.07, 6.45) is 0. The van der Waals surface area contributed by atoms with E-state index in [4.69, 9.17) is 0 Å². The Hall–Kier alpha value is -0.870. The van der Waals surface area contributed by atoms with Crippen LogP contribution in [0.2, 0.25) is 0 Å². The molecule has 10 heavy (non-hydrogen) atoms. The van der Waals surface area contributed by atoms with Gasteiger partial charge in [0, 0.05) is 7.05 Å². The number of carbonyl (C=O) groups is 1. The molecule has 1 N–H and O–H groups in total. The summed E-state index contributed by atoms with van der Waals surface area (Å²) in [6, 6.07) is 3.52. The Labute approximate surface area is 62.6 Å². The highest BCUT2D eigenvalue weighted by molar-refractivity contribution is 7.11. The molecule has 0 saturated heterocycles. The van der Waals surface area contributed by atoms with Gasteiger partial charge in [-0.15, -0.1) is 11.3 Å². The normalized spacial score (nSPS) is 9.30. The largest absolute Gasteiger partial charge is 0.366 e. The average Bonchev–Trinajstić information content (AvgIpc) is 2.38. The van der Waals surface area contributed by atoms with Crippen molar-refractivity contribution < 1.29 is 9.63 Å². The first kappa shape index (κ1) is 7.24. The number of rotatable bonds is 2. The fraction of sp³-hybridized carbons (Fsp3) is 0.167. The molecule has 0 aliphatic heterocycles. The van der Waals surface area contributed by atoms with Crippen LogP contribution in [0.15, 0.2) is 17.5 Å². The molecule has 0 radical (unpaired) electrons. The Kier molecular flexibility index (Phi) is 2.42. The number of hydrogen-bond donors (Lipinski definition) is 1. The summed E-state index contributed by atoms with van der Waals surface area (Å²) in [5.41, 5.74) is 2.31. The van der Waals surface area contributed by atoms with Crippen molar-refractivity contribution >= 4 is 17.3 Å². The minimum absolute atomic E-state index is 0.336. The van der Waals surface area contributed by atoms with Gasteiger partial charge in [-0.2, -0.15) is 5.48 Å². The molecule has 3 nitrogen and oxygen atoms in total. The zero-order valence-corrected chi connectivity index (χ0v) is 6.27. The lowest BCUT2D eigenvalue weighted by atomic mass is 10.5. The van der Waals surface area contributed by atoms with Gasteiger partial charge in [0.1, 0.15) is 4.88 Å². The van der Waals surface area contributed by atoms with Crippen molar-refractivity contribution in [3.05, 3.63) is 22.4 Å². The molecule has 4 heteroatoms. The molecule has 0 aliphatic carbocycles. The number of carbonyl (C=O) groups excluding carboxylic acids is 1. The average molecular weight is 157 g/mol. The van der Waals surface area contributed by atoms with Crippen LogP contribution >= 0.6 is 11.3 Å². The van der Waals surface area contributed by atoms with Crippen LogP contribution in [0, 0.1) is 0 Å². The van der Waals surface area contributed by atoms with Gasteiger partial charge in [-0.3, -0.25) is 0 Å². The van der Waals surface area contributed by atoms with Gasteiger partial charge in [-0.1, -0.05) is 6.07 Å². The molecular formula is C6H7NO2S. The highest BCUT2D eigenvalue weighted by Gasteiger charge is 2.05. The van der Waals surface area contributed by atoms with Crippen LogP contribution in [0.3, 0.4) is 0 Å². The van der Waals surface area contributed by atoms with E-state index < -0.39 is 0 Å². The molecular weight excluding hydrogens is 150 g/mol. The van der Waals surface area contributed by atoms with E-state index in [2.05, 4.69) is 10.3 Å². The lowest BCUT2D eigenvalue weighted by Gasteiger charge is -1.95. The van der Waals surface area contributed by atoms with Crippen molar-refractivity contribution in [3.8, 4) is 0 Å². The van der Waals surface area contributed by atoms with Gasteiger partial charge < -0.3 is 4.84 Å². The summed E-state index contributed by atoms with van der Waals surface area (Å²) < 4.78 is 0. The Morgan fingerprint density at radius 2 is 2.60 bits per heavy atom. The van der Waals surface area contributed by atoms with E-state index in [0.29, 0.717) is 4.88 Å². The SMILES string of the molecule is CNOC(=O)c1cccs1. The summed E-state index contributed by atoms with van der Waals surface area (Å²) in [5, 5.41) is 1.83. The minimum atomic E-state index is -0.336. The predicted molar refractivity (Wildman–Crippen MR) is 38.8 cm³/mol. The van der Waals surface area contributed by atoms with Crippen LogP contribution in [-0.2, 0) is 4.84 Å². The molecule has 0 atom stereocenters. The van der Waals surface area contributed by atoms with Crippen molar-refractivity contribution in [2.45, 2.75) is 0 Å². The number of hydroxylamine groups is 1. The lowest BCUT2D eigenvalue weighted by Crippen LogP contribution is -2.13. The first-order valence-electron chi connectivity index (χ1n) is 2.76. The van der Waals surface area contributed by atoms with E-state index in [-0.39, 0.29) is 5.97 Å². The quantitative estimate of drug-likeness (QED) is 0.652. The van der Waals surface area contributed by atoms with E-state index in [1.165, 1.54) is 11.3 Å². The molecule has 0 bridgehead atoms. The van der Waals surface area contributed by atoms with E-state index in [1.807, 2.05) is 5.38 Å². The summed E-state index contributed by atoms with van der Waals surface area (Å²) in [7, 11) is 1.55. The third-order valence-electron chi connectivity index (χ3n) is 0.917. The number of thiophene rings is 1. The number of hydrogen-bond acceptors (Lipinski definition) is 4. The summed E-state index contributed by atoms with van der Waals surface area (Å²) in [6.45, 7) is 0. The van der Waals surface area contributed by atoms with Crippen LogP contribution in [0.25, 0.3) is 0 Å². The van der Waals surface area contributed by atoms with Crippen molar-refractivity contribution in [2.75, 3.05) is 7.05 Å². The van der Waals surface area contributed by atoms with E-state index >= 15 is 0 Å². The van der Waals surface area contributed by atoms with Gasteiger partial charge >= 0.3 is 5.97 Å². The fourth-order valence-corrected chi connectivity index (χ4v) is 1.14. The van der Waals surface area contributed by atoms with Gasteiger partial charge in [0.15, 0.2) is 0 Å². The topological polar surface area (TPSA) is 38.3 Å². The third kappa shape index (κ3) is 1.55. The van der Waals surface area contributed by atoms with Crippen molar-refractivity contribution in [1.82, 2.24) is 5.48 Å². The lowest BCUT2D eigenvalue weighted by molar-refractivity contribution is 0.0316. The zero-order valence-electron chi connectivity index (χ0n) is 5.46. The van der Waals surface area contributed by atoms with Gasteiger partial charge in [0.25, 0.3) is 0 Å². The molecule has 1 rings (SSSR count). The molecule has 54 valence electrons. The standard InChI is InChI=1S/C6H7NO2S/c1-7-9-6(8)5-3-2-4-10-5/h2-4,7H,1H3. The van der Waals surface area contributed by atoms with Gasteiger partial charge in [0.05, 0.1) is 0 Å². The monoisotopic (exact) mass is 157 g/mol. The molecule has 1 aromatic heterocycles. The van der Waals surface area contributed by atoms with Crippen LogP contribution in [-0.4, -0.2) is 13.0 Å². The van der Waals surface area contributed by atoms with Gasteiger partial charge in [-0.05, 0) is 11.4 Å². The molecule has 1 heterocycles. The summed E-state index contributed by atoms with van der Waals surface area (Å²) in [5.74, 6) is -0.336.